The molecule has 5 heteroatoms. The zero-order chi connectivity index (χ0) is 43.9. The Morgan fingerprint density at radius 2 is 1.20 bits per heavy atom. The van der Waals surface area contributed by atoms with E-state index in [1.807, 2.05) is 11.3 Å². The molecule has 13 rings (SSSR count). The van der Waals surface area contributed by atoms with Crippen LogP contribution in [0.25, 0.3) is 108 Å². The van der Waals surface area contributed by atoms with Crippen molar-refractivity contribution < 1.29 is 4.42 Å². The fraction of sp³-hybridized carbons (Fsp3) is 0.0328. The van der Waals surface area contributed by atoms with Gasteiger partial charge in [-0.15, -0.1) is 11.3 Å². The maximum absolute atomic E-state index is 7.20. The molecule has 4 nitrogen and oxygen atoms in total. The van der Waals surface area contributed by atoms with Gasteiger partial charge in [0.25, 0.3) is 0 Å². The van der Waals surface area contributed by atoms with Gasteiger partial charge >= 0.3 is 0 Å². The highest BCUT2D eigenvalue weighted by Gasteiger charge is 2.25. The van der Waals surface area contributed by atoms with Crippen LogP contribution in [0.5, 0.6) is 0 Å². The van der Waals surface area contributed by atoms with Crippen molar-refractivity contribution in [3.8, 4) is 16.8 Å². The monoisotopic (exact) mass is 863 g/mol. The third-order valence-corrected chi connectivity index (χ3v) is 14.5. The number of hydrogen-bond donors (Lipinski definition) is 1. The number of nitrogens with zero attached hydrogens (tertiary/aromatic N) is 2. The number of hydrogen-bond acceptors (Lipinski definition) is 4. The summed E-state index contributed by atoms with van der Waals surface area (Å²) in [6.07, 6.45) is -0.565. The van der Waals surface area contributed by atoms with Gasteiger partial charge in [0.05, 0.1) is 22.1 Å². The Kier molecular flexibility index (Phi) is 8.80. The lowest BCUT2D eigenvalue weighted by Gasteiger charge is -2.21. The standard InChI is InChI=1S/C61H41N3OS/c1-37(40-21-14-22-42(31-40)39-15-4-3-5-16-39)62-61(63-38(2)41-27-28-49-48-24-11-13-26-57(48)66-58(49)36-41)50-29-30-54(59-52-33-44-18-7-9-20-46(44)35-56(52)65-60(50)59)64-53-25-12-10-23-47(53)51-32-43-17-6-8-19-45(43)34-55(51)64/h3-36,61,63H,2H2,1H3. The average molecular weight is 864 g/mol. The minimum absolute atomic E-state index is 0.565. The number of para-hydroxylation sites is 1. The van der Waals surface area contributed by atoms with E-state index in [9.17, 15) is 0 Å². The average Bonchev–Trinajstić information content (AvgIpc) is 4.04. The molecule has 0 spiro atoms. The molecule has 0 saturated carbocycles. The fourth-order valence-corrected chi connectivity index (χ4v) is 11.2. The first-order chi connectivity index (χ1) is 32.5. The van der Waals surface area contributed by atoms with Gasteiger partial charge in [0.2, 0.25) is 0 Å². The summed E-state index contributed by atoms with van der Waals surface area (Å²) in [7, 11) is 0. The van der Waals surface area contributed by atoms with Crippen LogP contribution in [0.3, 0.4) is 0 Å². The summed E-state index contributed by atoms with van der Waals surface area (Å²) in [5, 5.41) is 15.6. The topological polar surface area (TPSA) is 42.5 Å². The van der Waals surface area contributed by atoms with Crippen molar-refractivity contribution >= 4 is 108 Å². The maximum atomic E-state index is 7.20. The lowest BCUT2D eigenvalue weighted by Crippen LogP contribution is -2.20. The summed E-state index contributed by atoms with van der Waals surface area (Å²) in [5.74, 6) is 0. The Balaban J connectivity index is 1.05. The van der Waals surface area contributed by atoms with Crippen molar-refractivity contribution in [3.05, 3.63) is 230 Å². The fourth-order valence-electron chi connectivity index (χ4n) is 10.0. The summed E-state index contributed by atoms with van der Waals surface area (Å²) < 4.78 is 12.1. The van der Waals surface area contributed by atoms with Crippen LogP contribution in [0.2, 0.25) is 0 Å². The van der Waals surface area contributed by atoms with Gasteiger partial charge in [-0.2, -0.15) is 0 Å². The van der Waals surface area contributed by atoms with Crippen LogP contribution in [0.15, 0.2) is 222 Å². The molecule has 3 aromatic heterocycles. The predicted molar refractivity (Wildman–Crippen MR) is 281 cm³/mol. The van der Waals surface area contributed by atoms with E-state index in [1.54, 1.807) is 0 Å². The van der Waals surface area contributed by atoms with Crippen LogP contribution in [-0.2, 0) is 0 Å². The second-order valence-electron chi connectivity index (χ2n) is 17.2. The molecule has 0 fully saturated rings. The Bertz CT molecular complexity index is 4130. The Morgan fingerprint density at radius 3 is 2.02 bits per heavy atom. The highest BCUT2D eigenvalue weighted by Crippen LogP contribution is 2.44. The van der Waals surface area contributed by atoms with Crippen molar-refractivity contribution in [2.45, 2.75) is 13.1 Å². The second kappa shape index (κ2) is 15.2. The highest BCUT2D eigenvalue weighted by atomic mass is 32.1. The highest BCUT2D eigenvalue weighted by molar-refractivity contribution is 7.25. The van der Waals surface area contributed by atoms with Gasteiger partial charge in [0.15, 0.2) is 0 Å². The van der Waals surface area contributed by atoms with E-state index in [0.29, 0.717) is 0 Å². The first-order valence-electron chi connectivity index (χ1n) is 22.4. The number of thiophene rings is 1. The van der Waals surface area contributed by atoms with E-state index in [1.165, 1.54) is 41.7 Å². The molecule has 0 saturated heterocycles. The molecule has 0 radical (unpaired) electrons. The van der Waals surface area contributed by atoms with Crippen LogP contribution in [0, 0.1) is 0 Å². The molecule has 312 valence electrons. The molecule has 13 aromatic rings. The van der Waals surface area contributed by atoms with Crippen LogP contribution < -0.4 is 5.32 Å². The Hall–Kier alpha value is -8.25. The Labute approximate surface area is 385 Å². The van der Waals surface area contributed by atoms with Crippen molar-refractivity contribution in [2.75, 3.05) is 0 Å². The molecular weight excluding hydrogens is 823 g/mol. The van der Waals surface area contributed by atoms with E-state index >= 15 is 0 Å². The number of furan rings is 1. The number of aromatic nitrogens is 1. The van der Waals surface area contributed by atoms with Crippen LogP contribution in [-0.4, -0.2) is 10.3 Å². The largest absolute Gasteiger partial charge is 0.456 e. The molecule has 0 aliphatic rings. The van der Waals surface area contributed by atoms with Crippen LogP contribution >= 0.6 is 11.3 Å². The summed E-state index contributed by atoms with van der Waals surface area (Å²) >= 11 is 1.81. The van der Waals surface area contributed by atoms with Crippen molar-refractivity contribution in [3.63, 3.8) is 0 Å². The first kappa shape index (κ1) is 38.2. The minimum Gasteiger partial charge on any atom is -0.456 e. The van der Waals surface area contributed by atoms with Gasteiger partial charge in [-0.05, 0) is 111 Å². The quantitative estimate of drug-likeness (QED) is 0.155. The smallest absolute Gasteiger partial charge is 0.148 e. The van der Waals surface area contributed by atoms with Gasteiger partial charge in [-0.25, -0.2) is 0 Å². The van der Waals surface area contributed by atoms with Crippen molar-refractivity contribution in [2.24, 2.45) is 4.99 Å². The molecule has 10 aromatic carbocycles. The van der Waals surface area contributed by atoms with Crippen LogP contribution in [0.4, 0.5) is 0 Å². The molecule has 0 bridgehead atoms. The number of fused-ring (bicyclic) bond motifs is 11. The molecule has 3 heterocycles. The molecule has 1 atom stereocenters. The maximum Gasteiger partial charge on any atom is 0.148 e. The van der Waals surface area contributed by atoms with E-state index in [-0.39, 0.29) is 0 Å². The number of aliphatic imine (C=N–C) groups is 1. The molecule has 0 amide bonds. The summed E-state index contributed by atoms with van der Waals surface area (Å²) in [6.45, 7) is 6.79. The predicted octanol–water partition coefficient (Wildman–Crippen LogP) is 16.8. The number of rotatable bonds is 8. The molecule has 0 aliphatic heterocycles. The summed E-state index contributed by atoms with van der Waals surface area (Å²) in [4.78, 5) is 5.60. The van der Waals surface area contributed by atoms with Crippen LogP contribution in [0.1, 0.15) is 29.8 Å². The van der Waals surface area contributed by atoms with E-state index in [4.69, 9.17) is 9.41 Å². The normalized spacial score (nSPS) is 12.7. The molecule has 1 unspecified atom stereocenters. The van der Waals surface area contributed by atoms with Gasteiger partial charge in [0.1, 0.15) is 17.3 Å². The van der Waals surface area contributed by atoms with Gasteiger partial charge in [0, 0.05) is 53.3 Å². The molecule has 0 aliphatic carbocycles. The zero-order valence-electron chi connectivity index (χ0n) is 36.1. The number of benzene rings is 10. The summed E-state index contributed by atoms with van der Waals surface area (Å²) in [6, 6.07) is 73.9. The van der Waals surface area contributed by atoms with Crippen molar-refractivity contribution in [1.82, 2.24) is 9.88 Å². The molecule has 1 N–H and O–H groups in total. The summed E-state index contributed by atoms with van der Waals surface area (Å²) in [5.41, 5.74) is 11.9. The SMILES string of the molecule is C=C(NC(N=C(C)c1cccc(-c2ccccc2)c1)c1ccc(-n2c3ccccc3c3cc4ccccc4cc32)c2c1oc1cc3ccccc3cc12)c1ccc2c(c1)sc1ccccc12. The Morgan fingerprint density at radius 1 is 0.530 bits per heavy atom. The second-order valence-corrected chi connectivity index (χ2v) is 18.3. The number of nitrogens with one attached hydrogen (secondary N) is 1. The van der Waals surface area contributed by atoms with Gasteiger partial charge in [-0.3, -0.25) is 4.99 Å². The molecule has 66 heavy (non-hydrogen) atoms. The van der Waals surface area contributed by atoms with Gasteiger partial charge < -0.3 is 14.3 Å². The van der Waals surface area contributed by atoms with Gasteiger partial charge in [-0.1, -0.05) is 152 Å². The molecular formula is C61H41N3OS. The van der Waals surface area contributed by atoms with E-state index in [0.717, 1.165) is 88.7 Å². The van der Waals surface area contributed by atoms with E-state index < -0.39 is 6.17 Å². The lowest BCUT2D eigenvalue weighted by molar-refractivity contribution is 0.627. The lowest BCUT2D eigenvalue weighted by atomic mass is 10.0. The minimum atomic E-state index is -0.565. The van der Waals surface area contributed by atoms with E-state index in [2.05, 4.69) is 230 Å². The first-order valence-corrected chi connectivity index (χ1v) is 23.2. The third kappa shape index (κ3) is 6.23. The zero-order valence-corrected chi connectivity index (χ0v) is 36.9. The third-order valence-electron chi connectivity index (χ3n) is 13.3. The van der Waals surface area contributed by atoms with Crippen molar-refractivity contribution in [1.29, 1.82) is 0 Å².